The highest BCUT2D eigenvalue weighted by atomic mass is 16.6. The first-order valence-corrected chi connectivity index (χ1v) is 33.4. The van der Waals surface area contributed by atoms with Crippen LogP contribution < -0.4 is 45.9 Å². The van der Waals surface area contributed by atoms with Crippen LogP contribution in [0.1, 0.15) is 184 Å². The molecule has 0 bridgehead atoms. The molecule has 0 radical (unpaired) electrons. The second kappa shape index (κ2) is 61.9. The molecule has 0 rings (SSSR count). The minimum atomic E-state index is -0.785. The number of aliphatic hydroxyl groups is 2. The van der Waals surface area contributed by atoms with Crippen molar-refractivity contribution in [2.45, 2.75) is 196 Å². The van der Waals surface area contributed by atoms with E-state index < -0.39 is 24.1 Å². The summed E-state index contributed by atoms with van der Waals surface area (Å²) in [5.41, 5.74) is 47.4. The van der Waals surface area contributed by atoms with E-state index >= 15 is 0 Å². The molecule has 18 N–H and O–H groups in total. The van der Waals surface area contributed by atoms with Gasteiger partial charge in [-0.3, -0.25) is 39.4 Å². The van der Waals surface area contributed by atoms with Gasteiger partial charge in [0.2, 0.25) is 35.8 Å². The largest absolute Gasteiger partial charge is 0.460 e. The number of rotatable bonds is 42. The van der Waals surface area contributed by atoms with Gasteiger partial charge < -0.3 is 84.8 Å². The Hall–Kier alpha value is -7.96. The fourth-order valence-electron chi connectivity index (χ4n) is 7.34. The Morgan fingerprint density at radius 3 is 0.844 bits per heavy atom. The SMILES string of the molecule is C=C(C)C(=O)N(C)C(N)=NC(N)=NCCCCCCC.C=C(C)C(=O)N(C)C(N)=NC(N)=NCCCCCCC.C=C(C)C(=O)OCCOCC(O)CN(C)C(N)=NC(N)=NCCCCCCC.C=C(C)C(=O)OCCOCC(O)CN(C)C(N)=NC(N)=NCCCCCCC. The zero-order valence-corrected chi connectivity index (χ0v) is 60.8. The Bertz CT molecular complexity index is 2320. The average molecular weight is 1360 g/mol. The van der Waals surface area contributed by atoms with E-state index in [1.54, 1.807) is 51.6 Å². The van der Waals surface area contributed by atoms with E-state index in [1.807, 2.05) is 0 Å². The van der Waals surface area contributed by atoms with Crippen LogP contribution in [-0.2, 0) is 38.1 Å². The fourth-order valence-corrected chi connectivity index (χ4v) is 7.34. The third kappa shape index (κ3) is 57.5. The fraction of sp³-hybridized carbons (Fsp3) is 0.697. The molecule has 0 saturated heterocycles. The highest BCUT2D eigenvalue weighted by Gasteiger charge is 2.16. The number of unbranched alkanes of at least 4 members (excludes halogenated alkanes) is 16. The number of aliphatic hydroxyl groups excluding tert-OH is 2. The molecule has 0 saturated carbocycles. The first-order valence-electron chi connectivity index (χ1n) is 33.4. The highest BCUT2D eigenvalue weighted by molar-refractivity contribution is 6.07. The summed E-state index contributed by atoms with van der Waals surface area (Å²) < 4.78 is 20.3. The first kappa shape index (κ1) is 94.4. The monoisotopic (exact) mass is 1360 g/mol. The van der Waals surface area contributed by atoms with Crippen molar-refractivity contribution in [3.63, 3.8) is 0 Å². The maximum absolute atomic E-state index is 11.6. The van der Waals surface area contributed by atoms with Crippen LogP contribution in [0.5, 0.6) is 0 Å². The number of hydrogen-bond acceptors (Lipinski definition) is 14. The number of carbonyl (C=O) groups is 4. The predicted octanol–water partition coefficient (Wildman–Crippen LogP) is 5.27. The number of nitrogens with two attached hydrogens (primary N) is 8. The summed E-state index contributed by atoms with van der Waals surface area (Å²) in [6.45, 7) is 32.8. The molecule has 0 heterocycles. The van der Waals surface area contributed by atoms with E-state index in [9.17, 15) is 29.4 Å². The van der Waals surface area contributed by atoms with Crippen LogP contribution in [0.15, 0.2) is 88.5 Å². The van der Waals surface area contributed by atoms with Crippen molar-refractivity contribution < 1.29 is 48.3 Å². The Labute approximate surface area is 574 Å². The summed E-state index contributed by atoms with van der Waals surface area (Å²) in [5, 5.41) is 20.0. The third-order valence-electron chi connectivity index (χ3n) is 13.1. The molecule has 2 atom stereocenters. The molecule has 2 amide bonds. The second-order valence-electron chi connectivity index (χ2n) is 22.8. The lowest BCUT2D eigenvalue weighted by Gasteiger charge is -2.21. The lowest BCUT2D eigenvalue weighted by Crippen LogP contribution is -2.41. The maximum atomic E-state index is 11.6. The van der Waals surface area contributed by atoms with Crippen LogP contribution >= 0.6 is 0 Å². The quantitative estimate of drug-likeness (QED) is 0.0122. The number of aliphatic imine (C=N–C) groups is 8. The zero-order valence-electron chi connectivity index (χ0n) is 60.8. The second-order valence-corrected chi connectivity index (χ2v) is 22.8. The van der Waals surface area contributed by atoms with Crippen molar-refractivity contribution in [3.8, 4) is 0 Å². The molecule has 0 spiro atoms. The van der Waals surface area contributed by atoms with Gasteiger partial charge >= 0.3 is 11.9 Å². The number of carbonyl (C=O) groups excluding carboxylic acids is 4. The first-order chi connectivity index (χ1) is 45.3. The predicted molar refractivity (Wildman–Crippen MR) is 393 cm³/mol. The number of hydrogen-bond donors (Lipinski definition) is 10. The molecular weight excluding hydrogens is 1230 g/mol. The standard InChI is InChI=1S/2C19H37N5O4.2C14H27N5O/c2*1-5-6-7-8-9-10-22-18(20)23-19(21)24(4)13-16(25)14-27-11-12-28-17(26)15(2)3;2*1-5-6-7-8-9-10-17-13(15)18-14(16)19(4)12(20)11(2)3/h2*16,25H,2,5-14H2,1,3-4H3,(H4,20,21,22,23);2*2,5-10H2,1,3-4H3,(H4,15,16,17,18). The van der Waals surface area contributed by atoms with Crippen LogP contribution in [0.3, 0.4) is 0 Å². The van der Waals surface area contributed by atoms with E-state index in [-0.39, 0.29) is 112 Å². The topological polar surface area (TPSA) is 466 Å². The van der Waals surface area contributed by atoms with Crippen LogP contribution in [-0.4, -0.2) is 221 Å². The Balaban J connectivity index is -0.000000595. The molecule has 0 aromatic carbocycles. The van der Waals surface area contributed by atoms with Crippen LogP contribution in [0.2, 0.25) is 0 Å². The normalized spacial score (nSPS) is 12.9. The smallest absolute Gasteiger partial charge is 0.333 e. The van der Waals surface area contributed by atoms with Gasteiger partial charge in [-0.1, -0.05) is 157 Å². The van der Waals surface area contributed by atoms with Crippen LogP contribution in [0.25, 0.3) is 0 Å². The van der Waals surface area contributed by atoms with Crippen LogP contribution in [0, 0.1) is 0 Å². The molecule has 0 aliphatic heterocycles. The van der Waals surface area contributed by atoms with Crippen molar-refractivity contribution in [1.82, 2.24) is 19.6 Å². The molecular formula is C66H128N20O10. The van der Waals surface area contributed by atoms with Crippen molar-refractivity contribution in [2.75, 3.05) is 107 Å². The van der Waals surface area contributed by atoms with Gasteiger partial charge in [0, 0.05) is 89.8 Å². The van der Waals surface area contributed by atoms with E-state index in [4.69, 9.17) is 64.8 Å². The molecule has 0 aromatic rings. The van der Waals surface area contributed by atoms with E-state index in [1.165, 1.54) is 101 Å². The number of likely N-dealkylation sites (N-methyl/N-ethyl adjacent to an activating group) is 4. The summed E-state index contributed by atoms with van der Waals surface area (Å²) >= 11 is 0. The van der Waals surface area contributed by atoms with Gasteiger partial charge in [0.05, 0.1) is 38.6 Å². The molecule has 0 aliphatic rings. The lowest BCUT2D eigenvalue weighted by molar-refractivity contribution is -0.141. The van der Waals surface area contributed by atoms with Gasteiger partial charge in [0.1, 0.15) is 13.2 Å². The molecule has 96 heavy (non-hydrogen) atoms. The summed E-state index contributed by atoms with van der Waals surface area (Å²) in [6.07, 6.45) is 21.5. The Morgan fingerprint density at radius 2 is 0.615 bits per heavy atom. The minimum Gasteiger partial charge on any atom is -0.460 e. The van der Waals surface area contributed by atoms with Gasteiger partial charge in [-0.25, -0.2) is 9.59 Å². The Kier molecular flexibility index (Phi) is 60.9. The maximum Gasteiger partial charge on any atom is 0.333 e. The average Bonchev–Trinajstić information content (AvgIpc) is 1.59. The molecule has 30 nitrogen and oxygen atoms in total. The van der Waals surface area contributed by atoms with E-state index in [0.717, 1.165) is 51.4 Å². The van der Waals surface area contributed by atoms with E-state index in [2.05, 4.69) is 93.9 Å². The van der Waals surface area contributed by atoms with E-state index in [0.29, 0.717) is 48.5 Å². The molecule has 0 fully saturated rings. The van der Waals surface area contributed by atoms with Gasteiger partial charge in [-0.15, -0.1) is 0 Å². The van der Waals surface area contributed by atoms with Crippen LogP contribution in [0.4, 0.5) is 0 Å². The van der Waals surface area contributed by atoms with Gasteiger partial charge in [-0.05, 0) is 53.4 Å². The van der Waals surface area contributed by atoms with Gasteiger partial charge in [-0.2, -0.15) is 20.0 Å². The molecule has 0 aromatic heterocycles. The van der Waals surface area contributed by atoms with Crippen molar-refractivity contribution in [2.24, 2.45) is 85.8 Å². The highest BCUT2D eigenvalue weighted by Crippen LogP contribution is 2.07. The number of nitrogens with zero attached hydrogens (tertiary/aromatic N) is 12. The van der Waals surface area contributed by atoms with Crippen molar-refractivity contribution in [1.29, 1.82) is 0 Å². The van der Waals surface area contributed by atoms with Crippen molar-refractivity contribution >= 4 is 71.4 Å². The number of guanidine groups is 8. The summed E-state index contributed by atoms with van der Waals surface area (Å²) in [6, 6.07) is 0. The summed E-state index contributed by atoms with van der Waals surface area (Å²) in [7, 11) is 6.42. The summed E-state index contributed by atoms with van der Waals surface area (Å²) in [5.74, 6) is -0.689. The molecule has 2 unspecified atom stereocenters. The molecule has 552 valence electrons. The molecule has 0 aliphatic carbocycles. The number of ether oxygens (including phenoxy) is 4. The Morgan fingerprint density at radius 1 is 0.375 bits per heavy atom. The minimum absolute atomic E-state index is 0.0187. The van der Waals surface area contributed by atoms with Gasteiger partial charge in [0.15, 0.2) is 11.9 Å². The van der Waals surface area contributed by atoms with Gasteiger partial charge in [0.25, 0.3) is 11.8 Å². The lowest BCUT2D eigenvalue weighted by atomic mass is 10.2. The zero-order chi connectivity index (χ0) is 73.8. The number of esters is 2. The van der Waals surface area contributed by atoms with Crippen molar-refractivity contribution in [3.05, 3.63) is 48.6 Å². The molecule has 30 heteroatoms. The number of amides is 2. The third-order valence-corrected chi connectivity index (χ3v) is 13.1. The summed E-state index contributed by atoms with van der Waals surface area (Å²) in [4.78, 5) is 83.6.